The lowest BCUT2D eigenvalue weighted by molar-refractivity contribution is -0.0451. The number of methoxy groups -OCH3 is 2. The second-order valence-corrected chi connectivity index (χ2v) is 12.7. The highest BCUT2D eigenvalue weighted by Gasteiger charge is 2.40. The van der Waals surface area contributed by atoms with Crippen LogP contribution in [0.4, 0.5) is 5.69 Å². The van der Waals surface area contributed by atoms with Crippen molar-refractivity contribution in [3.05, 3.63) is 97.0 Å². The van der Waals surface area contributed by atoms with Gasteiger partial charge in [-0.1, -0.05) is 60.8 Å². The Labute approximate surface area is 311 Å². The Hall–Kier alpha value is -4.96. The lowest BCUT2D eigenvalue weighted by atomic mass is 9.97. The van der Waals surface area contributed by atoms with Gasteiger partial charge in [-0.15, -0.1) is 0 Å². The summed E-state index contributed by atoms with van der Waals surface area (Å²) in [6, 6.07) is 6.86. The average Bonchev–Trinajstić information content (AvgIpc) is 3.60. The molecule has 0 saturated heterocycles. The van der Waals surface area contributed by atoms with Crippen LogP contribution in [-0.4, -0.2) is 58.2 Å². The number of aliphatic hydroxyl groups excluding tert-OH is 1. The molecule has 3 N–H and O–H groups in total. The van der Waals surface area contributed by atoms with Crippen molar-refractivity contribution < 1.29 is 33.6 Å². The van der Waals surface area contributed by atoms with Gasteiger partial charge in [0.25, 0.3) is 0 Å². The predicted octanol–water partition coefficient (Wildman–Crippen LogP) is 10.3. The summed E-state index contributed by atoms with van der Waals surface area (Å²) in [5.41, 5.74) is 8.89. The third kappa shape index (κ3) is 10.5. The minimum Gasteiger partial charge on any atom is -0.506 e. The molecule has 52 heavy (non-hydrogen) atoms. The predicted molar refractivity (Wildman–Crippen MR) is 213 cm³/mol. The first-order valence-electron chi connectivity index (χ1n) is 17.8. The van der Waals surface area contributed by atoms with Crippen molar-refractivity contribution in [1.82, 2.24) is 9.30 Å². The molecule has 2 heterocycles. The molecule has 286 valence electrons. The number of nitrogen functional groups attached to an aromatic ring is 1. The number of hydrogen-bond acceptors (Lipinski definition) is 9. The molecule has 0 saturated carbocycles. The van der Waals surface area contributed by atoms with Crippen LogP contribution in [-0.2, 0) is 9.47 Å². The van der Waals surface area contributed by atoms with E-state index in [1.165, 1.54) is 26.5 Å². The molecule has 10 heteroatoms. The van der Waals surface area contributed by atoms with E-state index in [1.807, 2.05) is 60.6 Å². The van der Waals surface area contributed by atoms with Crippen molar-refractivity contribution in [3.8, 4) is 22.6 Å². The summed E-state index contributed by atoms with van der Waals surface area (Å²) in [6.45, 7) is 31.3. The minimum absolute atomic E-state index is 0.0906. The fraction of sp³-hybridized carbons (Fsp3) is 0.429. The Morgan fingerprint density at radius 1 is 1.02 bits per heavy atom. The van der Waals surface area contributed by atoms with Gasteiger partial charge in [0.1, 0.15) is 28.3 Å². The number of ether oxygens (including phenoxy) is 4. The molecular weight excluding hydrogens is 658 g/mol. The number of aliphatic hydroxyl groups is 1. The van der Waals surface area contributed by atoms with Gasteiger partial charge < -0.3 is 39.1 Å². The molecule has 0 radical (unpaired) electrons. The van der Waals surface area contributed by atoms with Crippen molar-refractivity contribution in [3.63, 3.8) is 0 Å². The third-order valence-corrected chi connectivity index (χ3v) is 7.97. The van der Waals surface area contributed by atoms with E-state index in [1.54, 1.807) is 33.8 Å². The Bertz CT molecular complexity index is 1750. The zero-order valence-corrected chi connectivity index (χ0v) is 33.4. The number of anilines is 1. The molecule has 0 atom stereocenters. The highest BCUT2D eigenvalue weighted by atomic mass is 16.5. The standard InChI is InChI=1S/C29H36N2O6.C9H13NO.2C2H6/c1-8-13-28(2,3)36-16-14-29(4,5)37-19-10-9-15-31-23(19)26(34-6)22-20-17(25(32)24(22)31)11-12-18(30)21(20)27(33)35-7;1-5-9(11)7-10(6-2)8(3)4;2*1-2/h9-12,15H,8,13-14,16,30H2,1-7H3;5-7,11H,1-3H2,4H3;2*1-2H3/b;9-7+;;. The van der Waals surface area contributed by atoms with E-state index in [-0.39, 0.29) is 28.4 Å². The molecule has 1 aliphatic rings. The fourth-order valence-corrected chi connectivity index (χ4v) is 5.61. The molecule has 10 nitrogen and oxygen atoms in total. The number of fused-ring (bicyclic) bond motifs is 5. The van der Waals surface area contributed by atoms with E-state index in [9.17, 15) is 9.59 Å². The molecule has 0 fully saturated rings. The second kappa shape index (κ2) is 20.2. The Kier molecular flexibility index (Phi) is 17.5. The highest BCUT2D eigenvalue weighted by Crippen LogP contribution is 2.51. The maximum Gasteiger partial charge on any atom is 0.340 e. The van der Waals surface area contributed by atoms with E-state index in [4.69, 9.17) is 29.8 Å². The molecule has 3 aromatic rings. The van der Waals surface area contributed by atoms with Crippen molar-refractivity contribution >= 4 is 23.0 Å². The molecule has 2 aromatic heterocycles. The smallest absolute Gasteiger partial charge is 0.340 e. The molecule has 0 aliphatic heterocycles. The monoisotopic (exact) mass is 719 g/mol. The van der Waals surface area contributed by atoms with Gasteiger partial charge >= 0.3 is 5.97 Å². The second-order valence-electron chi connectivity index (χ2n) is 12.7. The van der Waals surface area contributed by atoms with E-state index in [0.29, 0.717) is 52.4 Å². The normalized spacial score (nSPS) is 11.7. The summed E-state index contributed by atoms with van der Waals surface area (Å²) < 4.78 is 25.2. The number of nitrogens with two attached hydrogens (primary N) is 1. The number of allylic oxidation sites excluding steroid dienone is 2. The van der Waals surface area contributed by atoms with E-state index < -0.39 is 11.6 Å². The lowest BCUT2D eigenvalue weighted by Crippen LogP contribution is -2.33. The van der Waals surface area contributed by atoms with E-state index >= 15 is 0 Å². The van der Waals surface area contributed by atoms with Crippen LogP contribution in [0.2, 0.25) is 0 Å². The number of ketones is 1. The van der Waals surface area contributed by atoms with Gasteiger partial charge in [0, 0.05) is 41.3 Å². The summed E-state index contributed by atoms with van der Waals surface area (Å²) >= 11 is 0. The molecule has 0 amide bonds. The summed E-state index contributed by atoms with van der Waals surface area (Å²) in [7, 11) is 2.82. The number of carbonyl (C=O) groups excluding carboxylic acids is 2. The molecule has 1 aromatic carbocycles. The maximum atomic E-state index is 13.6. The first-order valence-corrected chi connectivity index (χ1v) is 17.8. The van der Waals surface area contributed by atoms with E-state index in [0.717, 1.165) is 18.5 Å². The average molecular weight is 720 g/mol. The van der Waals surface area contributed by atoms with Crippen LogP contribution in [0.15, 0.2) is 80.1 Å². The Morgan fingerprint density at radius 2 is 1.65 bits per heavy atom. The van der Waals surface area contributed by atoms with Gasteiger partial charge in [0.05, 0.1) is 43.8 Å². The molecular formula is C42H61N3O7. The molecule has 4 rings (SSSR count). The molecule has 0 unspecified atom stereocenters. The molecule has 0 spiro atoms. The largest absolute Gasteiger partial charge is 0.506 e. The van der Waals surface area contributed by atoms with Gasteiger partial charge in [-0.2, -0.15) is 0 Å². The zero-order valence-electron chi connectivity index (χ0n) is 33.4. The number of nitrogens with zero attached hydrogens (tertiary/aromatic N) is 2. The van der Waals surface area contributed by atoms with Crippen molar-refractivity contribution in [2.75, 3.05) is 26.6 Å². The fourth-order valence-electron chi connectivity index (χ4n) is 5.61. The Balaban J connectivity index is 0.000000767. The number of carbonyl (C=O) groups is 2. The van der Waals surface area contributed by atoms with Crippen LogP contribution >= 0.6 is 0 Å². The first kappa shape index (κ1) is 45.1. The zero-order chi connectivity index (χ0) is 40.0. The number of aromatic nitrogens is 1. The number of pyridine rings is 1. The SMILES string of the molecule is C=C/C(O)=C\N(C=C)C(=C)C.CC.CC.CCCC(C)(C)OCCC(C)(C)Oc1cccn2c3c(c(OC)c12)-c1c(ccc(N)c1C(=O)OC)C3=O. The summed E-state index contributed by atoms with van der Waals surface area (Å²) in [4.78, 5) is 27.9. The summed E-state index contributed by atoms with van der Waals surface area (Å²) in [6.07, 6.45) is 8.88. The number of esters is 1. The van der Waals surface area contributed by atoms with Crippen LogP contribution in [0.1, 0.15) is 115 Å². The molecule has 1 aliphatic carbocycles. The number of hydrogen-bond donors (Lipinski definition) is 2. The van der Waals surface area contributed by atoms with Crippen LogP contribution in [0.25, 0.3) is 16.6 Å². The van der Waals surface area contributed by atoms with E-state index in [2.05, 4.69) is 40.5 Å². The van der Waals surface area contributed by atoms with Gasteiger partial charge in [-0.25, -0.2) is 4.79 Å². The van der Waals surface area contributed by atoms with Crippen LogP contribution in [0, 0.1) is 0 Å². The lowest BCUT2D eigenvalue weighted by Gasteiger charge is -2.30. The quantitative estimate of drug-likeness (QED) is 0.0567. The van der Waals surface area contributed by atoms with Crippen LogP contribution in [0.3, 0.4) is 0 Å². The Morgan fingerprint density at radius 3 is 2.17 bits per heavy atom. The molecule has 0 bridgehead atoms. The minimum atomic E-state index is -0.615. The van der Waals surface area contributed by atoms with Crippen molar-refractivity contribution in [1.29, 1.82) is 0 Å². The van der Waals surface area contributed by atoms with Crippen LogP contribution < -0.4 is 15.2 Å². The van der Waals surface area contributed by atoms with Crippen molar-refractivity contribution in [2.45, 2.75) is 99.7 Å². The maximum absolute atomic E-state index is 13.6. The topological polar surface area (TPSA) is 125 Å². The van der Waals surface area contributed by atoms with Gasteiger partial charge in [-0.3, -0.25) is 4.79 Å². The van der Waals surface area contributed by atoms with Gasteiger partial charge in [-0.05, 0) is 71.4 Å². The number of rotatable bonds is 14. The summed E-state index contributed by atoms with van der Waals surface area (Å²) in [5.74, 6) is 0.245. The van der Waals surface area contributed by atoms with Gasteiger partial charge in [0.2, 0.25) is 5.78 Å². The van der Waals surface area contributed by atoms with Crippen LogP contribution in [0.5, 0.6) is 11.5 Å². The first-order chi connectivity index (χ1) is 24.6. The van der Waals surface area contributed by atoms with Gasteiger partial charge in [0.15, 0.2) is 5.75 Å². The highest BCUT2D eigenvalue weighted by molar-refractivity contribution is 6.27. The van der Waals surface area contributed by atoms with Crippen molar-refractivity contribution in [2.24, 2.45) is 0 Å². The third-order valence-electron chi connectivity index (χ3n) is 7.97. The number of benzene rings is 1. The summed E-state index contributed by atoms with van der Waals surface area (Å²) in [5, 5.41) is 9.02.